The molecule has 0 aliphatic heterocycles. The Morgan fingerprint density at radius 2 is 1.81 bits per heavy atom. The van der Waals surface area contributed by atoms with E-state index >= 15 is 0 Å². The number of nitrogens with two attached hydrogens (primary N) is 1. The number of hydrogen-bond acceptors (Lipinski definition) is 4. The van der Waals surface area contributed by atoms with Crippen LogP contribution in [0.5, 0.6) is 0 Å². The number of hydrogen-bond donors (Lipinski definition) is 3. The number of carbonyl (C=O) groups is 2. The van der Waals surface area contributed by atoms with Gasteiger partial charge >= 0.3 is 11.9 Å². The second-order valence-electron chi connectivity index (χ2n) is 4.15. The minimum Gasteiger partial charge on any atom is -0.480 e. The topological polar surface area (TPSA) is 101 Å². The normalized spacial score (nSPS) is 15.5. The summed E-state index contributed by atoms with van der Waals surface area (Å²) in [4.78, 5) is 21.7. The minimum atomic E-state index is -1.11. The zero-order valence-electron chi connectivity index (χ0n) is 9.77. The minimum absolute atomic E-state index is 0.510. The first-order chi connectivity index (χ1) is 7.22. The third kappa shape index (κ3) is 4.40. The summed E-state index contributed by atoms with van der Waals surface area (Å²) in [5.74, 6) is -2.03. The molecule has 0 fully saturated rings. The molecule has 0 bridgehead atoms. The van der Waals surface area contributed by atoms with Crippen molar-refractivity contribution in [2.75, 3.05) is 0 Å². The van der Waals surface area contributed by atoms with Crippen molar-refractivity contribution in [3.05, 3.63) is 0 Å². The number of rotatable bonds is 7. The Hall–Kier alpha value is -0.750. The Kier molecular flexibility index (Phi) is 5.81. The first-order valence-electron chi connectivity index (χ1n) is 5.11. The lowest BCUT2D eigenvalue weighted by Gasteiger charge is -2.30. The summed E-state index contributed by atoms with van der Waals surface area (Å²) in [6.45, 7) is 5.20. The highest BCUT2D eigenvalue weighted by molar-refractivity contribution is 8.02. The average molecular weight is 249 g/mol. The number of carboxylic acid groups (broad SMARTS) is 2. The van der Waals surface area contributed by atoms with Crippen molar-refractivity contribution in [1.82, 2.24) is 0 Å². The van der Waals surface area contributed by atoms with E-state index in [0.29, 0.717) is 6.42 Å². The van der Waals surface area contributed by atoms with Crippen LogP contribution in [0.15, 0.2) is 0 Å². The SMILES string of the molecule is CCCC(SC(C)(C)[C@@H](N)C(=O)O)C(=O)O. The summed E-state index contributed by atoms with van der Waals surface area (Å²) in [6.07, 6.45) is 1.25. The van der Waals surface area contributed by atoms with Crippen molar-refractivity contribution in [3.63, 3.8) is 0 Å². The number of aliphatic carboxylic acids is 2. The van der Waals surface area contributed by atoms with Crippen LogP contribution in [-0.4, -0.2) is 38.2 Å². The number of carboxylic acids is 2. The van der Waals surface area contributed by atoms with E-state index in [0.717, 1.165) is 18.2 Å². The summed E-state index contributed by atoms with van der Waals surface area (Å²) in [5.41, 5.74) is 5.53. The molecule has 0 aromatic carbocycles. The van der Waals surface area contributed by atoms with E-state index in [1.165, 1.54) is 0 Å². The van der Waals surface area contributed by atoms with Crippen LogP contribution in [-0.2, 0) is 9.59 Å². The molecule has 16 heavy (non-hydrogen) atoms. The highest BCUT2D eigenvalue weighted by Gasteiger charge is 2.36. The maximum absolute atomic E-state index is 11.0. The molecule has 0 aromatic heterocycles. The Morgan fingerprint density at radius 3 is 2.12 bits per heavy atom. The van der Waals surface area contributed by atoms with Crippen molar-refractivity contribution < 1.29 is 19.8 Å². The summed E-state index contributed by atoms with van der Waals surface area (Å²) in [5, 5.41) is 17.2. The molecule has 0 aliphatic rings. The van der Waals surface area contributed by atoms with Gasteiger partial charge in [-0.15, -0.1) is 11.8 Å². The maximum atomic E-state index is 11.0. The van der Waals surface area contributed by atoms with Crippen LogP contribution < -0.4 is 5.73 Å². The first kappa shape index (κ1) is 15.2. The zero-order chi connectivity index (χ0) is 12.9. The van der Waals surface area contributed by atoms with Gasteiger partial charge in [-0.1, -0.05) is 13.3 Å². The molecule has 0 aromatic rings. The van der Waals surface area contributed by atoms with Gasteiger partial charge < -0.3 is 15.9 Å². The van der Waals surface area contributed by atoms with Crippen molar-refractivity contribution in [2.24, 2.45) is 5.73 Å². The van der Waals surface area contributed by atoms with Gasteiger partial charge in [0, 0.05) is 4.75 Å². The van der Waals surface area contributed by atoms with Gasteiger partial charge in [0.15, 0.2) is 0 Å². The fraction of sp³-hybridized carbons (Fsp3) is 0.800. The highest BCUT2D eigenvalue weighted by atomic mass is 32.2. The van der Waals surface area contributed by atoms with E-state index in [1.54, 1.807) is 13.8 Å². The summed E-state index contributed by atoms with van der Waals surface area (Å²) in [7, 11) is 0. The van der Waals surface area contributed by atoms with E-state index in [1.807, 2.05) is 6.92 Å². The Morgan fingerprint density at radius 1 is 1.31 bits per heavy atom. The van der Waals surface area contributed by atoms with E-state index in [-0.39, 0.29) is 0 Å². The molecular formula is C10H19NO4S. The van der Waals surface area contributed by atoms with E-state index in [4.69, 9.17) is 15.9 Å². The molecule has 0 rings (SSSR count). The summed E-state index contributed by atoms with van der Waals surface area (Å²) in [6, 6.07) is -1.07. The van der Waals surface area contributed by atoms with Crippen LogP contribution in [0.2, 0.25) is 0 Å². The third-order valence-electron chi connectivity index (χ3n) is 2.29. The molecule has 5 nitrogen and oxygen atoms in total. The van der Waals surface area contributed by atoms with Gasteiger partial charge in [0.05, 0.1) is 0 Å². The highest BCUT2D eigenvalue weighted by Crippen LogP contribution is 2.33. The molecule has 0 aliphatic carbocycles. The molecule has 1 unspecified atom stereocenters. The second-order valence-corrected chi connectivity index (χ2v) is 6.01. The second kappa shape index (κ2) is 6.10. The zero-order valence-corrected chi connectivity index (χ0v) is 10.6. The molecule has 6 heteroatoms. The van der Waals surface area contributed by atoms with Gasteiger partial charge in [-0.05, 0) is 20.3 Å². The number of thioether (sulfide) groups is 1. The molecule has 0 radical (unpaired) electrons. The van der Waals surface area contributed by atoms with Crippen molar-refractivity contribution in [3.8, 4) is 0 Å². The maximum Gasteiger partial charge on any atom is 0.321 e. The predicted octanol–water partition coefficient (Wildman–Crippen LogP) is 1.16. The Bertz CT molecular complexity index is 268. The molecule has 0 spiro atoms. The molecule has 0 saturated heterocycles. The quantitative estimate of drug-likeness (QED) is 0.626. The van der Waals surface area contributed by atoms with Crippen LogP contribution >= 0.6 is 11.8 Å². The van der Waals surface area contributed by atoms with Crippen molar-refractivity contribution in [1.29, 1.82) is 0 Å². The average Bonchev–Trinajstić information content (AvgIpc) is 2.15. The molecule has 2 atom stereocenters. The fourth-order valence-electron chi connectivity index (χ4n) is 1.23. The van der Waals surface area contributed by atoms with Crippen molar-refractivity contribution in [2.45, 2.75) is 49.7 Å². The molecule has 0 amide bonds. The third-order valence-corrected chi connectivity index (χ3v) is 3.87. The van der Waals surface area contributed by atoms with Gasteiger partial charge in [-0.25, -0.2) is 0 Å². The van der Waals surface area contributed by atoms with Crippen LogP contribution in [0.25, 0.3) is 0 Å². The molecule has 0 heterocycles. The lowest BCUT2D eigenvalue weighted by molar-refractivity contribution is -0.139. The lowest BCUT2D eigenvalue weighted by Crippen LogP contribution is -2.48. The Labute approximate surface area is 99.4 Å². The van der Waals surface area contributed by atoms with Gasteiger partial charge in [0.1, 0.15) is 11.3 Å². The van der Waals surface area contributed by atoms with Gasteiger partial charge in [0.25, 0.3) is 0 Å². The largest absolute Gasteiger partial charge is 0.480 e. The van der Waals surface area contributed by atoms with Crippen LogP contribution in [0, 0.1) is 0 Å². The van der Waals surface area contributed by atoms with E-state index in [9.17, 15) is 9.59 Å². The van der Waals surface area contributed by atoms with Gasteiger partial charge in [0.2, 0.25) is 0 Å². The standard InChI is InChI=1S/C10H19NO4S/c1-4-5-6(8(12)13)16-10(2,3)7(11)9(14)15/h6-7H,4-5,11H2,1-3H3,(H,12,13)(H,14,15)/t6?,7-/m0/s1. The van der Waals surface area contributed by atoms with E-state index < -0.39 is 28.0 Å². The summed E-state index contributed by atoms with van der Waals surface area (Å²) < 4.78 is -0.802. The summed E-state index contributed by atoms with van der Waals surface area (Å²) >= 11 is 1.11. The first-order valence-corrected chi connectivity index (χ1v) is 5.99. The molecular weight excluding hydrogens is 230 g/mol. The van der Waals surface area contributed by atoms with Crippen LogP contribution in [0.1, 0.15) is 33.6 Å². The van der Waals surface area contributed by atoms with Gasteiger partial charge in [-0.2, -0.15) is 0 Å². The van der Waals surface area contributed by atoms with Gasteiger partial charge in [-0.3, -0.25) is 9.59 Å². The smallest absolute Gasteiger partial charge is 0.321 e. The van der Waals surface area contributed by atoms with E-state index in [2.05, 4.69) is 0 Å². The van der Waals surface area contributed by atoms with Crippen molar-refractivity contribution >= 4 is 23.7 Å². The molecule has 0 saturated carbocycles. The lowest BCUT2D eigenvalue weighted by atomic mass is 10.1. The monoisotopic (exact) mass is 249 g/mol. The predicted molar refractivity (Wildman–Crippen MR) is 63.6 cm³/mol. The molecule has 94 valence electrons. The fourth-order valence-corrected chi connectivity index (χ4v) is 2.67. The molecule has 4 N–H and O–H groups in total. The van der Waals surface area contributed by atoms with Crippen LogP contribution in [0.3, 0.4) is 0 Å². The Balaban J connectivity index is 4.64. The van der Waals surface area contributed by atoms with Crippen LogP contribution in [0.4, 0.5) is 0 Å².